The summed E-state index contributed by atoms with van der Waals surface area (Å²) in [7, 11) is 0. The van der Waals surface area contributed by atoms with Crippen LogP contribution < -0.4 is 15.5 Å². The van der Waals surface area contributed by atoms with Gasteiger partial charge in [-0.05, 0) is 74.8 Å². The van der Waals surface area contributed by atoms with Crippen molar-refractivity contribution in [1.82, 2.24) is 5.32 Å². The molecule has 0 saturated carbocycles. The first-order valence-electron chi connectivity index (χ1n) is 9.87. The van der Waals surface area contributed by atoms with Gasteiger partial charge in [0.1, 0.15) is 0 Å². The van der Waals surface area contributed by atoms with Crippen LogP contribution in [-0.2, 0) is 4.74 Å². The van der Waals surface area contributed by atoms with Crippen LogP contribution in [0.1, 0.15) is 48.7 Å². The number of halogens is 1. The number of anilines is 2. The highest BCUT2D eigenvalue weighted by atomic mass is 35.5. The number of carbonyl (C=O) groups is 1. The number of hydrogen-bond donors (Lipinski definition) is 2. The average Bonchev–Trinajstić information content (AvgIpc) is 3.23. The molecule has 0 aromatic heterocycles. The van der Waals surface area contributed by atoms with Gasteiger partial charge in [-0.2, -0.15) is 0 Å². The van der Waals surface area contributed by atoms with Crippen LogP contribution in [0.2, 0.25) is 5.02 Å². The fourth-order valence-electron chi connectivity index (χ4n) is 3.36. The molecule has 2 aromatic carbocycles. The molecule has 0 aliphatic carbocycles. The summed E-state index contributed by atoms with van der Waals surface area (Å²) in [5, 5.41) is 7.20. The van der Waals surface area contributed by atoms with Crippen LogP contribution in [0.4, 0.5) is 11.4 Å². The zero-order chi connectivity index (χ0) is 20.8. The quantitative estimate of drug-likeness (QED) is 0.486. The molecule has 0 amide bonds. The summed E-state index contributed by atoms with van der Waals surface area (Å²) in [5.74, 6) is -0.434. The SMILES string of the molecule is CCOC(=O)c1ccc(NC(=S)N[C@@H](C)c2ccc(N3CCCC3)cc2)cc1Cl. The Bertz CT molecular complexity index is 867. The van der Waals surface area contributed by atoms with Crippen LogP contribution in [0.25, 0.3) is 0 Å². The molecule has 1 atom stereocenters. The van der Waals surface area contributed by atoms with Crippen LogP contribution in [0.5, 0.6) is 0 Å². The molecule has 3 rings (SSSR count). The Morgan fingerprint density at radius 3 is 2.52 bits per heavy atom. The van der Waals surface area contributed by atoms with E-state index >= 15 is 0 Å². The minimum Gasteiger partial charge on any atom is -0.462 e. The monoisotopic (exact) mass is 431 g/mol. The van der Waals surface area contributed by atoms with Crippen molar-refractivity contribution in [1.29, 1.82) is 0 Å². The van der Waals surface area contributed by atoms with Crippen molar-refractivity contribution >= 4 is 46.3 Å². The van der Waals surface area contributed by atoms with Crippen LogP contribution in [0.3, 0.4) is 0 Å². The van der Waals surface area contributed by atoms with Crippen molar-refractivity contribution in [3.8, 4) is 0 Å². The van der Waals surface area contributed by atoms with Gasteiger partial charge in [-0.1, -0.05) is 23.7 Å². The van der Waals surface area contributed by atoms with Gasteiger partial charge in [0.25, 0.3) is 0 Å². The predicted molar refractivity (Wildman–Crippen MR) is 123 cm³/mol. The molecule has 1 heterocycles. The van der Waals surface area contributed by atoms with E-state index < -0.39 is 5.97 Å². The van der Waals surface area contributed by atoms with Crippen molar-refractivity contribution < 1.29 is 9.53 Å². The maximum atomic E-state index is 11.8. The fourth-order valence-corrected chi connectivity index (χ4v) is 3.92. The molecule has 2 N–H and O–H groups in total. The van der Waals surface area contributed by atoms with Crippen LogP contribution >= 0.6 is 23.8 Å². The third-order valence-electron chi connectivity index (χ3n) is 4.93. The molecular weight excluding hydrogens is 406 g/mol. The van der Waals surface area contributed by atoms with E-state index in [9.17, 15) is 4.79 Å². The molecule has 154 valence electrons. The lowest BCUT2D eigenvalue weighted by Crippen LogP contribution is -2.31. The molecule has 2 aromatic rings. The molecule has 1 aliphatic heterocycles. The molecule has 1 saturated heterocycles. The lowest BCUT2D eigenvalue weighted by atomic mass is 10.1. The maximum absolute atomic E-state index is 11.8. The van der Waals surface area contributed by atoms with Gasteiger partial charge in [-0.25, -0.2) is 4.79 Å². The summed E-state index contributed by atoms with van der Waals surface area (Å²) in [6.45, 7) is 6.40. The summed E-state index contributed by atoms with van der Waals surface area (Å²) in [5.41, 5.74) is 3.48. The highest BCUT2D eigenvalue weighted by Crippen LogP contribution is 2.24. The Morgan fingerprint density at radius 2 is 1.90 bits per heavy atom. The van der Waals surface area contributed by atoms with Gasteiger partial charge in [0.05, 0.1) is 23.2 Å². The number of benzene rings is 2. The predicted octanol–water partition coefficient (Wildman–Crippen LogP) is 5.16. The Labute approximate surface area is 182 Å². The summed E-state index contributed by atoms with van der Waals surface area (Å²) in [4.78, 5) is 14.3. The number of nitrogens with zero attached hydrogens (tertiary/aromatic N) is 1. The van der Waals surface area contributed by atoms with Crippen molar-refractivity contribution in [2.75, 3.05) is 29.9 Å². The molecule has 1 aliphatic rings. The summed E-state index contributed by atoms with van der Waals surface area (Å²) < 4.78 is 4.99. The topological polar surface area (TPSA) is 53.6 Å². The van der Waals surface area contributed by atoms with Crippen LogP contribution in [0.15, 0.2) is 42.5 Å². The molecular formula is C22H26ClN3O2S. The van der Waals surface area contributed by atoms with E-state index in [0.29, 0.717) is 28.0 Å². The van der Waals surface area contributed by atoms with Crippen molar-refractivity contribution in [2.45, 2.75) is 32.7 Å². The van der Waals surface area contributed by atoms with E-state index in [1.165, 1.54) is 18.5 Å². The fraction of sp³-hybridized carbons (Fsp3) is 0.364. The summed E-state index contributed by atoms with van der Waals surface area (Å²) >= 11 is 11.6. The average molecular weight is 432 g/mol. The second-order valence-corrected chi connectivity index (χ2v) is 7.84. The minimum atomic E-state index is -0.434. The van der Waals surface area contributed by atoms with Gasteiger partial charge in [0.15, 0.2) is 5.11 Å². The van der Waals surface area contributed by atoms with Gasteiger partial charge < -0.3 is 20.3 Å². The molecule has 0 spiro atoms. The Morgan fingerprint density at radius 1 is 1.21 bits per heavy atom. The molecule has 5 nitrogen and oxygen atoms in total. The third-order valence-corrected chi connectivity index (χ3v) is 5.47. The van der Waals surface area contributed by atoms with Crippen LogP contribution in [-0.4, -0.2) is 30.8 Å². The number of thiocarbonyl (C=S) groups is 1. The third kappa shape index (κ3) is 5.61. The Kier molecular flexibility index (Phi) is 7.34. The molecule has 0 bridgehead atoms. The van der Waals surface area contributed by atoms with Gasteiger partial charge in [-0.3, -0.25) is 0 Å². The Hall–Kier alpha value is -2.31. The second-order valence-electron chi connectivity index (χ2n) is 7.02. The molecule has 7 heteroatoms. The zero-order valence-electron chi connectivity index (χ0n) is 16.7. The van der Waals surface area contributed by atoms with Crippen molar-refractivity contribution in [2.24, 2.45) is 0 Å². The molecule has 0 unspecified atom stereocenters. The normalized spacial score (nSPS) is 14.4. The lowest BCUT2D eigenvalue weighted by molar-refractivity contribution is 0.0526. The number of ether oxygens (including phenoxy) is 1. The van der Waals surface area contributed by atoms with Gasteiger partial charge in [0.2, 0.25) is 0 Å². The summed E-state index contributed by atoms with van der Waals surface area (Å²) in [6.07, 6.45) is 2.54. The zero-order valence-corrected chi connectivity index (χ0v) is 18.3. The van der Waals surface area contributed by atoms with E-state index in [1.54, 1.807) is 25.1 Å². The number of rotatable bonds is 6. The van der Waals surface area contributed by atoms with E-state index in [2.05, 4.69) is 46.7 Å². The minimum absolute atomic E-state index is 0.0527. The highest BCUT2D eigenvalue weighted by Gasteiger charge is 2.14. The van der Waals surface area contributed by atoms with Crippen molar-refractivity contribution in [3.63, 3.8) is 0 Å². The van der Waals surface area contributed by atoms with E-state index in [1.807, 2.05) is 0 Å². The smallest absolute Gasteiger partial charge is 0.339 e. The van der Waals surface area contributed by atoms with Gasteiger partial charge in [0, 0.05) is 24.5 Å². The van der Waals surface area contributed by atoms with E-state index in [-0.39, 0.29) is 6.04 Å². The van der Waals surface area contributed by atoms with Crippen LogP contribution in [0, 0.1) is 0 Å². The van der Waals surface area contributed by atoms with Crippen molar-refractivity contribution in [3.05, 3.63) is 58.6 Å². The molecule has 0 radical (unpaired) electrons. The van der Waals surface area contributed by atoms with Gasteiger partial charge in [-0.15, -0.1) is 0 Å². The van der Waals surface area contributed by atoms with Gasteiger partial charge >= 0.3 is 5.97 Å². The first kappa shape index (κ1) is 21.4. The number of esters is 1. The summed E-state index contributed by atoms with van der Waals surface area (Å²) in [6, 6.07) is 13.7. The molecule has 1 fully saturated rings. The van der Waals surface area contributed by atoms with E-state index in [0.717, 1.165) is 18.7 Å². The standard InChI is InChI=1S/C22H26ClN3O2S/c1-3-28-21(27)19-11-8-17(14-20(19)23)25-22(29)24-15(2)16-6-9-18(10-7-16)26-12-4-5-13-26/h6-11,14-15H,3-5,12-13H2,1-2H3,(H2,24,25,29)/t15-/m0/s1. The lowest BCUT2D eigenvalue weighted by Gasteiger charge is -2.20. The second kappa shape index (κ2) is 9.94. The highest BCUT2D eigenvalue weighted by molar-refractivity contribution is 7.80. The first-order valence-corrected chi connectivity index (χ1v) is 10.7. The maximum Gasteiger partial charge on any atom is 0.339 e. The largest absolute Gasteiger partial charge is 0.462 e. The number of nitrogens with one attached hydrogen (secondary N) is 2. The van der Waals surface area contributed by atoms with E-state index in [4.69, 9.17) is 28.6 Å². The number of hydrogen-bond acceptors (Lipinski definition) is 4. The first-order chi connectivity index (χ1) is 14.0. The number of carbonyl (C=O) groups excluding carboxylic acids is 1. The Balaban J connectivity index is 1.57. The molecule has 29 heavy (non-hydrogen) atoms.